The van der Waals surface area contributed by atoms with Crippen LogP contribution < -0.4 is 5.32 Å². The van der Waals surface area contributed by atoms with E-state index in [4.69, 9.17) is 4.98 Å². The van der Waals surface area contributed by atoms with E-state index in [-0.39, 0.29) is 5.91 Å². The number of hydrogen-bond acceptors (Lipinski definition) is 4. The van der Waals surface area contributed by atoms with Crippen molar-refractivity contribution in [2.45, 2.75) is 63.8 Å². The summed E-state index contributed by atoms with van der Waals surface area (Å²) in [5, 5.41) is 3.86. The first-order chi connectivity index (χ1) is 12.1. The average molecular weight is 378 g/mol. The number of aromatic nitrogens is 2. The van der Waals surface area contributed by atoms with Crippen LogP contribution in [0.1, 0.15) is 57.8 Å². The molecular formula is C19H27N3OS2. The summed E-state index contributed by atoms with van der Waals surface area (Å²) in [6.45, 7) is 4.80. The van der Waals surface area contributed by atoms with Gasteiger partial charge in [0.2, 0.25) is 5.91 Å². The largest absolute Gasteiger partial charge is 0.349 e. The van der Waals surface area contributed by atoms with E-state index in [0.717, 1.165) is 34.9 Å². The molecular weight excluding hydrogens is 350 g/mol. The first-order valence-electron chi connectivity index (χ1n) is 9.16. The monoisotopic (exact) mass is 377 g/mol. The Hall–Kier alpha value is -1.14. The maximum atomic E-state index is 12.2. The van der Waals surface area contributed by atoms with Crippen LogP contribution in [0.15, 0.2) is 24.3 Å². The molecule has 0 aliphatic carbocycles. The van der Waals surface area contributed by atoms with Gasteiger partial charge in [0.05, 0.1) is 17.6 Å². The van der Waals surface area contributed by atoms with Gasteiger partial charge in [0.1, 0.15) is 5.82 Å². The summed E-state index contributed by atoms with van der Waals surface area (Å²) < 4.78 is 2.21. The van der Waals surface area contributed by atoms with Crippen LogP contribution in [0.25, 0.3) is 11.0 Å². The number of nitrogens with zero attached hydrogens (tertiary/aromatic N) is 2. The average Bonchev–Trinajstić information content (AvgIpc) is 3.23. The second-order valence-corrected chi connectivity index (χ2v) is 9.62. The third-order valence-corrected chi connectivity index (χ3v) is 7.54. The Morgan fingerprint density at radius 2 is 2.20 bits per heavy atom. The number of carbonyl (C=O) groups excluding carboxylic acids is 1. The van der Waals surface area contributed by atoms with E-state index < -0.39 is 0 Å². The van der Waals surface area contributed by atoms with E-state index in [1.54, 1.807) is 0 Å². The zero-order valence-electron chi connectivity index (χ0n) is 15.0. The number of rotatable bonds is 8. The lowest BCUT2D eigenvalue weighted by atomic mass is 10.1. The predicted octanol–water partition coefficient (Wildman–Crippen LogP) is 4.95. The van der Waals surface area contributed by atoms with Gasteiger partial charge >= 0.3 is 0 Å². The van der Waals surface area contributed by atoms with Gasteiger partial charge in [0, 0.05) is 23.5 Å². The van der Waals surface area contributed by atoms with Gasteiger partial charge in [-0.2, -0.15) is 0 Å². The van der Waals surface area contributed by atoms with Crippen LogP contribution >= 0.6 is 21.6 Å². The molecule has 1 atom stereocenters. The van der Waals surface area contributed by atoms with E-state index in [1.165, 1.54) is 18.6 Å². The van der Waals surface area contributed by atoms with Crippen LogP contribution in [0.5, 0.6) is 0 Å². The second-order valence-electron chi connectivity index (χ2n) is 6.83. The molecule has 1 amide bonds. The van der Waals surface area contributed by atoms with Crippen LogP contribution in [-0.2, 0) is 11.3 Å². The number of unbranched alkanes of at least 4 members (excludes halogenated alkanes) is 1. The van der Waals surface area contributed by atoms with Crippen LogP contribution in [0, 0.1) is 0 Å². The van der Waals surface area contributed by atoms with Crippen molar-refractivity contribution in [3.63, 3.8) is 0 Å². The van der Waals surface area contributed by atoms with Gasteiger partial charge in [0.25, 0.3) is 0 Å². The van der Waals surface area contributed by atoms with Crippen molar-refractivity contribution < 1.29 is 4.79 Å². The summed E-state index contributed by atoms with van der Waals surface area (Å²) in [5.41, 5.74) is 2.13. The molecule has 136 valence electrons. The van der Waals surface area contributed by atoms with E-state index in [2.05, 4.69) is 29.8 Å². The van der Waals surface area contributed by atoms with Crippen LogP contribution in [0.2, 0.25) is 0 Å². The molecule has 1 aliphatic rings. The van der Waals surface area contributed by atoms with Gasteiger partial charge in [-0.1, -0.05) is 40.1 Å². The Bertz CT molecular complexity index is 708. The molecule has 1 aliphatic heterocycles. The molecule has 1 aromatic carbocycles. The fourth-order valence-electron chi connectivity index (χ4n) is 3.28. The molecule has 4 nitrogen and oxygen atoms in total. The highest BCUT2D eigenvalue weighted by atomic mass is 33.1. The maximum Gasteiger partial charge on any atom is 0.220 e. The molecule has 0 spiro atoms. The first kappa shape index (κ1) is 18.6. The molecule has 0 saturated carbocycles. The van der Waals surface area contributed by atoms with E-state index in [9.17, 15) is 4.79 Å². The molecule has 6 heteroatoms. The summed E-state index contributed by atoms with van der Waals surface area (Å²) in [7, 11) is 4.01. The highest BCUT2D eigenvalue weighted by molar-refractivity contribution is 8.77. The van der Waals surface area contributed by atoms with Gasteiger partial charge in [0.15, 0.2) is 0 Å². The van der Waals surface area contributed by atoms with Crippen molar-refractivity contribution in [2.75, 3.05) is 5.75 Å². The minimum absolute atomic E-state index is 0.135. The third-order valence-electron chi connectivity index (χ3n) is 4.54. The Labute approximate surface area is 157 Å². The zero-order valence-corrected chi connectivity index (χ0v) is 16.7. The van der Waals surface area contributed by atoms with Gasteiger partial charge in [-0.3, -0.25) is 4.79 Å². The normalized spacial score (nSPS) is 17.5. The molecule has 1 saturated heterocycles. The number of nitrogens with one attached hydrogen (secondary N) is 1. The molecule has 25 heavy (non-hydrogen) atoms. The number of benzene rings is 1. The summed E-state index contributed by atoms with van der Waals surface area (Å²) in [4.78, 5) is 16.8. The molecule has 3 rings (SSSR count). The first-order valence-corrected chi connectivity index (χ1v) is 11.5. The second kappa shape index (κ2) is 8.99. The quantitative estimate of drug-likeness (QED) is 0.522. The van der Waals surface area contributed by atoms with E-state index in [0.29, 0.717) is 19.0 Å². The molecule has 1 fully saturated rings. The summed E-state index contributed by atoms with van der Waals surface area (Å²) in [5.74, 6) is 2.35. The van der Waals surface area contributed by atoms with Crippen molar-refractivity contribution in [3.05, 3.63) is 30.1 Å². The van der Waals surface area contributed by atoms with Crippen LogP contribution in [-0.4, -0.2) is 26.5 Å². The zero-order chi connectivity index (χ0) is 17.6. The smallest absolute Gasteiger partial charge is 0.220 e. The van der Waals surface area contributed by atoms with E-state index in [1.807, 2.05) is 39.8 Å². The van der Waals surface area contributed by atoms with Gasteiger partial charge in [-0.15, -0.1) is 0 Å². The lowest BCUT2D eigenvalue weighted by molar-refractivity contribution is -0.121. The number of amides is 1. The Morgan fingerprint density at radius 3 is 2.96 bits per heavy atom. The molecule has 2 heterocycles. The minimum atomic E-state index is 0.135. The van der Waals surface area contributed by atoms with Gasteiger partial charge < -0.3 is 9.88 Å². The molecule has 2 aromatic rings. The van der Waals surface area contributed by atoms with Gasteiger partial charge in [-0.25, -0.2) is 4.98 Å². The van der Waals surface area contributed by atoms with Crippen molar-refractivity contribution in [1.29, 1.82) is 0 Å². The lowest BCUT2D eigenvalue weighted by Gasteiger charge is -2.13. The van der Waals surface area contributed by atoms with Crippen molar-refractivity contribution in [1.82, 2.24) is 14.9 Å². The maximum absolute atomic E-state index is 12.2. The Kier molecular flexibility index (Phi) is 6.70. The number of hydrogen-bond donors (Lipinski definition) is 1. The lowest BCUT2D eigenvalue weighted by Crippen LogP contribution is -2.24. The number of carbonyl (C=O) groups is 1. The number of imidazole rings is 1. The van der Waals surface area contributed by atoms with Crippen molar-refractivity contribution >= 4 is 38.5 Å². The number of fused-ring (bicyclic) bond motifs is 1. The molecule has 0 bridgehead atoms. The summed E-state index contributed by atoms with van der Waals surface area (Å²) in [6.07, 6.45) is 5.32. The Morgan fingerprint density at radius 1 is 1.36 bits per heavy atom. The molecule has 0 radical (unpaired) electrons. The standard InChI is InChI=1S/C19H27N3OS2/c1-14(2)22-17-9-5-4-8-16(17)21-18(22)13-20-19(23)10-6-3-7-15-11-12-24-25-15/h4-5,8-9,14-15H,3,6-7,10-13H2,1-2H3,(H,20,23). The molecule has 1 unspecified atom stereocenters. The van der Waals surface area contributed by atoms with Crippen molar-refractivity contribution in [2.24, 2.45) is 0 Å². The van der Waals surface area contributed by atoms with Gasteiger partial charge in [-0.05, 0) is 45.2 Å². The molecule has 1 N–H and O–H groups in total. The minimum Gasteiger partial charge on any atom is -0.349 e. The highest BCUT2D eigenvalue weighted by Gasteiger charge is 2.16. The number of para-hydroxylation sites is 2. The molecule has 1 aromatic heterocycles. The van der Waals surface area contributed by atoms with E-state index >= 15 is 0 Å². The Balaban J connectivity index is 1.48. The predicted molar refractivity (Wildman–Crippen MR) is 109 cm³/mol. The van der Waals surface area contributed by atoms with Crippen LogP contribution in [0.3, 0.4) is 0 Å². The fraction of sp³-hybridized carbons (Fsp3) is 0.579. The summed E-state index contributed by atoms with van der Waals surface area (Å²) in [6, 6.07) is 8.47. The van der Waals surface area contributed by atoms with Crippen LogP contribution in [0.4, 0.5) is 0 Å². The summed E-state index contributed by atoms with van der Waals surface area (Å²) >= 11 is 0. The topological polar surface area (TPSA) is 46.9 Å². The third kappa shape index (κ3) is 4.94. The fourth-order valence-corrected chi connectivity index (χ4v) is 6.31. The SMILES string of the molecule is CC(C)n1c(CNC(=O)CCCCC2CCSS2)nc2ccccc21. The highest BCUT2D eigenvalue weighted by Crippen LogP contribution is 2.39. The van der Waals surface area contributed by atoms with Crippen molar-refractivity contribution in [3.8, 4) is 0 Å².